The molecule has 0 radical (unpaired) electrons. The Labute approximate surface area is 93.9 Å². The zero-order valence-electron chi connectivity index (χ0n) is 9.00. The van der Waals surface area contributed by atoms with Crippen molar-refractivity contribution >= 4 is 5.69 Å². The highest BCUT2D eigenvalue weighted by Crippen LogP contribution is 2.28. The summed E-state index contributed by atoms with van der Waals surface area (Å²) in [5, 5.41) is 12.6. The predicted octanol–water partition coefficient (Wildman–Crippen LogP) is 1.85. The van der Waals surface area contributed by atoms with Crippen LogP contribution in [0, 0.1) is 0 Å². The fourth-order valence-corrected chi connectivity index (χ4v) is 2.03. The van der Waals surface area contributed by atoms with Gasteiger partial charge in [-0.05, 0) is 29.1 Å². The molecule has 0 amide bonds. The lowest BCUT2D eigenvalue weighted by molar-refractivity contribution is 0.282. The lowest BCUT2D eigenvalue weighted by Gasteiger charge is -2.18. The van der Waals surface area contributed by atoms with Crippen LogP contribution in [0.15, 0.2) is 23.3 Å². The maximum Gasteiger partial charge on any atom is 0.0682 e. The van der Waals surface area contributed by atoms with Crippen molar-refractivity contribution in [2.45, 2.75) is 13.0 Å². The van der Waals surface area contributed by atoms with E-state index in [1.807, 2.05) is 12.1 Å². The van der Waals surface area contributed by atoms with E-state index < -0.39 is 0 Å². The summed E-state index contributed by atoms with van der Waals surface area (Å²) >= 11 is 0. The molecule has 0 aliphatic carbocycles. The van der Waals surface area contributed by atoms with Gasteiger partial charge < -0.3 is 10.0 Å². The summed E-state index contributed by atoms with van der Waals surface area (Å²) in [4.78, 5) is 4.94. The fourth-order valence-electron chi connectivity index (χ4n) is 2.03. The van der Waals surface area contributed by atoms with Crippen LogP contribution in [0.1, 0.15) is 11.1 Å². The van der Waals surface area contributed by atoms with Crippen molar-refractivity contribution in [2.75, 3.05) is 24.5 Å². The van der Waals surface area contributed by atoms with Gasteiger partial charge in [0.25, 0.3) is 0 Å². The van der Waals surface area contributed by atoms with Crippen molar-refractivity contribution in [3.05, 3.63) is 39.8 Å². The minimum atomic E-state index is 0.0669. The Balaban J connectivity index is 2.13. The number of hydrogen-bond acceptors (Lipinski definition) is 3. The first kappa shape index (κ1) is 10.8. The molecule has 0 aromatic heterocycles. The first-order chi connectivity index (χ1) is 7.85. The van der Waals surface area contributed by atoms with Crippen molar-refractivity contribution in [3.63, 3.8) is 0 Å². The first-order valence-corrected chi connectivity index (χ1v) is 5.33. The highest BCUT2D eigenvalue weighted by Gasteiger charge is 2.18. The van der Waals surface area contributed by atoms with Crippen molar-refractivity contribution in [2.24, 2.45) is 5.11 Å². The Morgan fingerprint density at radius 3 is 3.12 bits per heavy atom. The van der Waals surface area contributed by atoms with Gasteiger partial charge in [0.05, 0.1) is 6.61 Å². The number of nitrogens with zero attached hydrogens (tertiary/aromatic N) is 4. The summed E-state index contributed by atoms with van der Waals surface area (Å²) in [5.74, 6) is 0. The molecule has 0 atom stereocenters. The molecule has 84 valence electrons. The molecule has 0 bridgehead atoms. The molecule has 1 aliphatic heterocycles. The van der Waals surface area contributed by atoms with Crippen LogP contribution in [-0.2, 0) is 13.0 Å². The maximum atomic E-state index is 9.08. The molecule has 2 rings (SSSR count). The molecule has 5 nitrogen and oxygen atoms in total. The van der Waals surface area contributed by atoms with Gasteiger partial charge in [0.1, 0.15) is 0 Å². The third kappa shape index (κ3) is 2.10. The quantitative estimate of drug-likeness (QED) is 0.476. The SMILES string of the molecule is [N-]=[N+]=NCCN1CCc2ccc(CO)cc21. The summed E-state index contributed by atoms with van der Waals surface area (Å²) in [6.07, 6.45) is 1.03. The normalized spacial score (nSPS) is 13.4. The van der Waals surface area contributed by atoms with Gasteiger partial charge in [0, 0.05) is 30.2 Å². The predicted molar refractivity (Wildman–Crippen MR) is 62.3 cm³/mol. The number of rotatable bonds is 4. The highest BCUT2D eigenvalue weighted by molar-refractivity contribution is 5.59. The Hall–Kier alpha value is -1.71. The zero-order chi connectivity index (χ0) is 11.4. The van der Waals surface area contributed by atoms with Crippen LogP contribution in [0.4, 0.5) is 5.69 Å². The summed E-state index contributed by atoms with van der Waals surface area (Å²) in [5.41, 5.74) is 11.6. The van der Waals surface area contributed by atoms with Crippen LogP contribution in [-0.4, -0.2) is 24.7 Å². The topological polar surface area (TPSA) is 72.2 Å². The summed E-state index contributed by atoms with van der Waals surface area (Å²) in [6, 6.07) is 6.03. The third-order valence-corrected chi connectivity index (χ3v) is 2.86. The number of benzene rings is 1. The van der Waals surface area contributed by atoms with E-state index in [1.165, 1.54) is 11.3 Å². The van der Waals surface area contributed by atoms with E-state index in [0.29, 0.717) is 6.54 Å². The Bertz CT molecular complexity index is 426. The molecule has 0 saturated carbocycles. The summed E-state index contributed by atoms with van der Waals surface area (Å²) in [6.45, 7) is 2.26. The second-order valence-corrected chi connectivity index (χ2v) is 3.81. The van der Waals surface area contributed by atoms with E-state index >= 15 is 0 Å². The molecule has 1 heterocycles. The van der Waals surface area contributed by atoms with E-state index in [2.05, 4.69) is 21.0 Å². The number of hydrogen-bond donors (Lipinski definition) is 1. The van der Waals surface area contributed by atoms with Gasteiger partial charge >= 0.3 is 0 Å². The molecule has 0 unspecified atom stereocenters. The summed E-state index contributed by atoms with van der Waals surface area (Å²) in [7, 11) is 0. The second kappa shape index (κ2) is 4.88. The smallest absolute Gasteiger partial charge is 0.0682 e. The van der Waals surface area contributed by atoms with Crippen LogP contribution in [0.3, 0.4) is 0 Å². The van der Waals surface area contributed by atoms with Crippen LogP contribution >= 0.6 is 0 Å². The second-order valence-electron chi connectivity index (χ2n) is 3.81. The van der Waals surface area contributed by atoms with Gasteiger partial charge in [-0.25, -0.2) is 0 Å². The van der Waals surface area contributed by atoms with E-state index in [9.17, 15) is 0 Å². The molecular weight excluding hydrogens is 204 g/mol. The Kier molecular flexibility index (Phi) is 3.29. The minimum Gasteiger partial charge on any atom is -0.392 e. The first-order valence-electron chi connectivity index (χ1n) is 5.33. The molecule has 1 N–H and O–H groups in total. The Morgan fingerprint density at radius 2 is 2.38 bits per heavy atom. The molecular formula is C11H14N4O. The molecule has 1 aliphatic rings. The average molecular weight is 218 g/mol. The van der Waals surface area contributed by atoms with Crippen LogP contribution in [0.25, 0.3) is 10.4 Å². The van der Waals surface area contributed by atoms with Crippen molar-refractivity contribution < 1.29 is 5.11 Å². The third-order valence-electron chi connectivity index (χ3n) is 2.86. The van der Waals surface area contributed by atoms with Crippen LogP contribution in [0.2, 0.25) is 0 Å². The number of azide groups is 1. The van der Waals surface area contributed by atoms with Gasteiger partial charge in [-0.3, -0.25) is 0 Å². The molecule has 16 heavy (non-hydrogen) atoms. The lowest BCUT2D eigenvalue weighted by atomic mass is 10.1. The molecule has 0 spiro atoms. The van der Waals surface area contributed by atoms with E-state index in [1.54, 1.807) is 0 Å². The van der Waals surface area contributed by atoms with E-state index in [-0.39, 0.29) is 6.61 Å². The van der Waals surface area contributed by atoms with Gasteiger partial charge in [-0.1, -0.05) is 17.2 Å². The highest BCUT2D eigenvalue weighted by atomic mass is 16.3. The van der Waals surface area contributed by atoms with Crippen molar-refractivity contribution in [1.82, 2.24) is 0 Å². The molecule has 5 heteroatoms. The van der Waals surface area contributed by atoms with Gasteiger partial charge in [0.15, 0.2) is 0 Å². The monoisotopic (exact) mass is 218 g/mol. The number of aliphatic hydroxyl groups excluding tert-OH is 1. The number of fused-ring (bicyclic) bond motifs is 1. The largest absolute Gasteiger partial charge is 0.392 e. The average Bonchev–Trinajstić information content (AvgIpc) is 2.72. The molecule has 1 aromatic carbocycles. The number of anilines is 1. The summed E-state index contributed by atoms with van der Waals surface area (Å²) < 4.78 is 0. The van der Waals surface area contributed by atoms with Gasteiger partial charge in [0.2, 0.25) is 0 Å². The van der Waals surface area contributed by atoms with Gasteiger partial charge in [-0.15, -0.1) is 0 Å². The van der Waals surface area contributed by atoms with Crippen LogP contribution < -0.4 is 4.90 Å². The van der Waals surface area contributed by atoms with Crippen molar-refractivity contribution in [3.8, 4) is 0 Å². The zero-order valence-corrected chi connectivity index (χ0v) is 9.00. The molecule has 1 aromatic rings. The standard InChI is InChI=1S/C11H14N4O/c12-14-13-4-6-15-5-3-10-2-1-9(8-16)7-11(10)15/h1-2,7,16H,3-6,8H2. The van der Waals surface area contributed by atoms with E-state index in [0.717, 1.165) is 25.1 Å². The maximum absolute atomic E-state index is 9.08. The molecule has 0 fully saturated rings. The van der Waals surface area contributed by atoms with Crippen LogP contribution in [0.5, 0.6) is 0 Å². The van der Waals surface area contributed by atoms with Gasteiger partial charge in [-0.2, -0.15) is 0 Å². The van der Waals surface area contributed by atoms with Crippen molar-refractivity contribution in [1.29, 1.82) is 0 Å². The van der Waals surface area contributed by atoms with E-state index in [4.69, 9.17) is 10.6 Å². The lowest BCUT2D eigenvalue weighted by Crippen LogP contribution is -2.23. The number of aliphatic hydroxyl groups is 1. The Morgan fingerprint density at radius 1 is 1.50 bits per heavy atom. The fraction of sp³-hybridized carbons (Fsp3) is 0.455. The molecule has 0 saturated heterocycles. The minimum absolute atomic E-state index is 0.0669.